The number of methoxy groups -OCH3 is 1. The maximum Gasteiger partial charge on any atom is 0.233 e. The highest BCUT2D eigenvalue weighted by Crippen LogP contribution is 2.09. The smallest absolute Gasteiger partial charge is 0.233 e. The molecule has 1 heterocycles. The van der Waals surface area contributed by atoms with Crippen molar-refractivity contribution >= 4 is 38.4 Å². The summed E-state index contributed by atoms with van der Waals surface area (Å²) in [6.45, 7) is 0.432. The van der Waals surface area contributed by atoms with Crippen molar-refractivity contribution in [1.29, 1.82) is 0 Å². The van der Waals surface area contributed by atoms with Crippen LogP contribution in [0.5, 0.6) is 0 Å². The highest BCUT2D eigenvalue weighted by molar-refractivity contribution is 14.1. The van der Waals surface area contributed by atoms with Crippen molar-refractivity contribution < 1.29 is 13.2 Å². The van der Waals surface area contributed by atoms with Crippen LogP contribution >= 0.6 is 22.6 Å². The molecule has 1 N–H and O–H groups in total. The SMILES string of the molecule is COCCCS(=O)(=O)Nc1ccc(I)cn1. The van der Waals surface area contributed by atoms with E-state index in [4.69, 9.17) is 4.74 Å². The maximum absolute atomic E-state index is 11.6. The van der Waals surface area contributed by atoms with Gasteiger partial charge in [-0.2, -0.15) is 0 Å². The third-order valence-electron chi connectivity index (χ3n) is 1.75. The Hall–Kier alpha value is -0.410. The summed E-state index contributed by atoms with van der Waals surface area (Å²) in [5.74, 6) is 0.381. The number of halogens is 1. The van der Waals surface area contributed by atoms with Crippen LogP contribution in [-0.2, 0) is 14.8 Å². The zero-order valence-corrected chi connectivity index (χ0v) is 11.8. The fourth-order valence-electron chi connectivity index (χ4n) is 1.04. The predicted octanol–water partition coefficient (Wildman–Crippen LogP) is 1.46. The molecule has 0 aliphatic carbocycles. The van der Waals surface area contributed by atoms with E-state index in [9.17, 15) is 8.42 Å². The monoisotopic (exact) mass is 356 g/mol. The minimum atomic E-state index is -3.31. The van der Waals surface area contributed by atoms with Crippen LogP contribution in [0, 0.1) is 3.57 Å². The van der Waals surface area contributed by atoms with Crippen LogP contribution in [0.2, 0.25) is 0 Å². The van der Waals surface area contributed by atoms with E-state index in [0.717, 1.165) is 3.57 Å². The molecule has 16 heavy (non-hydrogen) atoms. The molecule has 0 spiro atoms. The summed E-state index contributed by atoms with van der Waals surface area (Å²) in [4.78, 5) is 3.96. The Labute approximate surface area is 109 Å². The molecule has 0 amide bonds. The number of nitrogens with zero attached hydrogens (tertiary/aromatic N) is 1. The van der Waals surface area contributed by atoms with Crippen molar-refractivity contribution in [3.8, 4) is 0 Å². The normalized spacial score (nSPS) is 11.4. The Morgan fingerprint density at radius 3 is 2.81 bits per heavy atom. The highest BCUT2D eigenvalue weighted by Gasteiger charge is 2.10. The van der Waals surface area contributed by atoms with E-state index in [0.29, 0.717) is 18.8 Å². The molecule has 1 aromatic heterocycles. The lowest BCUT2D eigenvalue weighted by atomic mass is 10.5. The second kappa shape index (κ2) is 6.36. The van der Waals surface area contributed by atoms with Crippen molar-refractivity contribution in [2.24, 2.45) is 0 Å². The molecule has 0 atom stereocenters. The average Bonchev–Trinajstić information content (AvgIpc) is 2.21. The molecule has 5 nitrogen and oxygen atoms in total. The standard InChI is InChI=1S/C9H13IN2O3S/c1-15-5-2-6-16(13,14)12-9-4-3-8(10)7-11-9/h3-4,7H,2,5-6H2,1H3,(H,11,12). The summed E-state index contributed by atoms with van der Waals surface area (Å²) in [6, 6.07) is 3.43. The first-order chi connectivity index (χ1) is 7.53. The first-order valence-corrected chi connectivity index (χ1v) is 7.37. The molecule has 0 bridgehead atoms. The van der Waals surface area contributed by atoms with E-state index in [-0.39, 0.29) is 5.75 Å². The Morgan fingerprint density at radius 1 is 1.50 bits per heavy atom. The average molecular weight is 356 g/mol. The molecule has 0 aliphatic heterocycles. The van der Waals surface area contributed by atoms with Gasteiger partial charge in [-0.05, 0) is 41.1 Å². The van der Waals surface area contributed by atoms with Gasteiger partial charge in [0.2, 0.25) is 10.0 Å². The minimum absolute atomic E-state index is 0.0362. The molecule has 0 saturated carbocycles. The highest BCUT2D eigenvalue weighted by atomic mass is 127. The van der Waals surface area contributed by atoms with E-state index in [2.05, 4.69) is 32.3 Å². The molecule has 0 fully saturated rings. The molecule has 0 aliphatic rings. The zero-order chi connectivity index (χ0) is 12.0. The van der Waals surface area contributed by atoms with E-state index in [1.807, 2.05) is 0 Å². The largest absolute Gasteiger partial charge is 0.385 e. The molecule has 90 valence electrons. The Bertz CT molecular complexity index is 419. The van der Waals surface area contributed by atoms with E-state index in [1.54, 1.807) is 25.4 Å². The number of rotatable bonds is 6. The molecular formula is C9H13IN2O3S. The van der Waals surface area contributed by atoms with Crippen LogP contribution in [0.25, 0.3) is 0 Å². The van der Waals surface area contributed by atoms with Gasteiger partial charge in [0.25, 0.3) is 0 Å². The van der Waals surface area contributed by atoms with Crippen molar-refractivity contribution in [3.05, 3.63) is 21.9 Å². The first-order valence-electron chi connectivity index (χ1n) is 4.64. The van der Waals surface area contributed by atoms with Crippen LogP contribution < -0.4 is 4.72 Å². The molecule has 0 unspecified atom stereocenters. The van der Waals surface area contributed by atoms with Gasteiger partial charge in [0.15, 0.2) is 0 Å². The zero-order valence-electron chi connectivity index (χ0n) is 8.81. The number of sulfonamides is 1. The number of hydrogen-bond donors (Lipinski definition) is 1. The molecule has 7 heteroatoms. The van der Waals surface area contributed by atoms with Gasteiger partial charge in [0.1, 0.15) is 5.82 Å². The Balaban J connectivity index is 2.55. The van der Waals surface area contributed by atoms with Gasteiger partial charge in [0.05, 0.1) is 5.75 Å². The van der Waals surface area contributed by atoms with E-state index in [1.165, 1.54) is 0 Å². The van der Waals surface area contributed by atoms with Crippen LogP contribution in [0.3, 0.4) is 0 Å². The third kappa shape index (κ3) is 5.08. The lowest BCUT2D eigenvalue weighted by molar-refractivity contribution is 0.199. The second-order valence-corrected chi connectivity index (χ2v) is 6.22. The van der Waals surface area contributed by atoms with Crippen molar-refractivity contribution in [3.63, 3.8) is 0 Å². The Morgan fingerprint density at radius 2 is 2.25 bits per heavy atom. The number of hydrogen-bond acceptors (Lipinski definition) is 4. The Kier molecular flexibility index (Phi) is 5.42. The van der Waals surface area contributed by atoms with Gasteiger partial charge in [-0.25, -0.2) is 13.4 Å². The molecule has 1 aromatic rings. The number of ether oxygens (including phenoxy) is 1. The summed E-state index contributed by atoms with van der Waals surface area (Å²) in [7, 11) is -1.77. The van der Waals surface area contributed by atoms with Gasteiger partial charge in [-0.3, -0.25) is 4.72 Å². The summed E-state index contributed by atoms with van der Waals surface area (Å²) in [6.07, 6.45) is 2.07. The lowest BCUT2D eigenvalue weighted by Crippen LogP contribution is -2.18. The van der Waals surface area contributed by atoms with Gasteiger partial charge in [0, 0.05) is 23.5 Å². The lowest BCUT2D eigenvalue weighted by Gasteiger charge is -2.06. The molecule has 0 saturated heterocycles. The van der Waals surface area contributed by atoms with Gasteiger partial charge in [-0.1, -0.05) is 0 Å². The quantitative estimate of drug-likeness (QED) is 0.619. The molecular weight excluding hydrogens is 343 g/mol. The fourth-order valence-corrected chi connectivity index (χ4v) is 2.40. The van der Waals surface area contributed by atoms with Crippen LogP contribution in [0.4, 0.5) is 5.82 Å². The van der Waals surface area contributed by atoms with Crippen LogP contribution in [0.1, 0.15) is 6.42 Å². The van der Waals surface area contributed by atoms with Gasteiger partial charge >= 0.3 is 0 Å². The van der Waals surface area contributed by atoms with Crippen molar-refractivity contribution in [2.45, 2.75) is 6.42 Å². The topological polar surface area (TPSA) is 68.3 Å². The second-order valence-electron chi connectivity index (χ2n) is 3.13. The summed E-state index contributed by atoms with van der Waals surface area (Å²) < 4.78 is 31.3. The summed E-state index contributed by atoms with van der Waals surface area (Å²) in [5, 5.41) is 0. The number of pyridine rings is 1. The first kappa shape index (κ1) is 13.7. The van der Waals surface area contributed by atoms with Crippen LogP contribution in [-0.4, -0.2) is 32.9 Å². The van der Waals surface area contributed by atoms with E-state index < -0.39 is 10.0 Å². The van der Waals surface area contributed by atoms with Gasteiger partial charge < -0.3 is 4.74 Å². The van der Waals surface area contributed by atoms with E-state index >= 15 is 0 Å². The number of nitrogens with one attached hydrogen (secondary N) is 1. The predicted molar refractivity (Wildman–Crippen MR) is 70.9 cm³/mol. The molecule has 1 rings (SSSR count). The molecule has 0 radical (unpaired) electrons. The van der Waals surface area contributed by atoms with Crippen molar-refractivity contribution in [1.82, 2.24) is 4.98 Å². The minimum Gasteiger partial charge on any atom is -0.385 e. The number of aromatic nitrogens is 1. The van der Waals surface area contributed by atoms with Crippen LogP contribution in [0.15, 0.2) is 18.3 Å². The third-order valence-corrected chi connectivity index (χ3v) is 3.73. The summed E-state index contributed by atoms with van der Waals surface area (Å²) >= 11 is 2.11. The fraction of sp³-hybridized carbons (Fsp3) is 0.444. The number of anilines is 1. The maximum atomic E-state index is 11.6. The molecule has 0 aromatic carbocycles. The van der Waals surface area contributed by atoms with Crippen molar-refractivity contribution in [2.75, 3.05) is 24.2 Å². The van der Waals surface area contributed by atoms with Gasteiger partial charge in [-0.15, -0.1) is 0 Å². The summed E-state index contributed by atoms with van der Waals surface area (Å²) in [5.41, 5.74) is 0.